The number of rotatable bonds is 3. The molecule has 1 fully saturated rings. The van der Waals surface area contributed by atoms with Crippen LogP contribution in [0.2, 0.25) is 0 Å². The Kier molecular flexibility index (Phi) is 2.83. The van der Waals surface area contributed by atoms with Crippen molar-refractivity contribution in [3.8, 4) is 0 Å². The van der Waals surface area contributed by atoms with Gasteiger partial charge in [-0.25, -0.2) is 0 Å². The Labute approximate surface area is 67.2 Å². The molecule has 0 aromatic heterocycles. The van der Waals surface area contributed by atoms with Gasteiger partial charge in [0.25, 0.3) is 0 Å². The number of carbonyl (C=O) groups is 1. The minimum Gasteiger partial charge on any atom is -0.370 e. The first-order valence-corrected chi connectivity index (χ1v) is 4.01. The van der Waals surface area contributed by atoms with E-state index in [4.69, 9.17) is 4.74 Å². The average molecular weight is 154 g/mol. The zero-order valence-electron chi connectivity index (χ0n) is 6.88. The zero-order valence-corrected chi connectivity index (χ0v) is 6.88. The highest BCUT2D eigenvalue weighted by atomic mass is 16.5. The number of hydrogen-bond acceptors (Lipinski definition) is 2. The second kappa shape index (κ2) is 3.67. The van der Waals surface area contributed by atoms with Gasteiger partial charge in [-0.05, 0) is 12.3 Å². The maximum Gasteiger partial charge on any atom is 0.165 e. The number of hydrogen-bond donors (Lipinski definition) is 0. The summed E-state index contributed by atoms with van der Waals surface area (Å²) in [7, 11) is 0. The first-order valence-electron chi connectivity index (χ1n) is 4.01. The molecule has 0 N–H and O–H groups in total. The van der Waals surface area contributed by atoms with E-state index < -0.39 is 0 Å². The number of ketones is 1. The summed E-state index contributed by atoms with van der Waals surface area (Å²) in [4.78, 5) is 11.3. The molecule has 2 nitrogen and oxygen atoms in total. The number of allylic oxidation sites excluding steroid dienone is 1. The summed E-state index contributed by atoms with van der Waals surface area (Å²) in [5.74, 6) is 0.562. The van der Waals surface area contributed by atoms with Crippen LogP contribution in [0.4, 0.5) is 0 Å². The second-order valence-corrected chi connectivity index (χ2v) is 3.02. The first-order chi connectivity index (χ1) is 5.25. The average Bonchev–Trinajstić information content (AvgIpc) is 2.36. The van der Waals surface area contributed by atoms with Gasteiger partial charge in [-0.3, -0.25) is 4.79 Å². The van der Waals surface area contributed by atoms with Gasteiger partial charge < -0.3 is 4.74 Å². The van der Waals surface area contributed by atoms with Gasteiger partial charge in [0.1, 0.15) is 6.10 Å². The van der Waals surface area contributed by atoms with Gasteiger partial charge in [-0.15, -0.1) is 6.58 Å². The summed E-state index contributed by atoms with van der Waals surface area (Å²) < 4.78 is 5.28. The lowest BCUT2D eigenvalue weighted by Gasteiger charge is -2.10. The lowest BCUT2D eigenvalue weighted by Crippen LogP contribution is -2.24. The van der Waals surface area contributed by atoms with Crippen LogP contribution in [-0.2, 0) is 9.53 Å². The van der Waals surface area contributed by atoms with Crippen LogP contribution in [0, 0.1) is 5.92 Å². The van der Waals surface area contributed by atoms with Crippen molar-refractivity contribution >= 4 is 5.78 Å². The van der Waals surface area contributed by atoms with Crippen LogP contribution >= 0.6 is 0 Å². The molecule has 0 spiro atoms. The molecular formula is C9H14O2. The van der Waals surface area contributed by atoms with E-state index in [1.54, 1.807) is 6.08 Å². The van der Waals surface area contributed by atoms with Crippen molar-refractivity contribution in [2.75, 3.05) is 6.61 Å². The molecule has 2 atom stereocenters. The summed E-state index contributed by atoms with van der Waals surface area (Å²) in [6.45, 7) is 6.31. The predicted octanol–water partition coefficient (Wildman–Crippen LogP) is 1.56. The Morgan fingerprint density at radius 2 is 2.55 bits per heavy atom. The highest BCUT2D eigenvalue weighted by molar-refractivity contribution is 5.84. The summed E-state index contributed by atoms with van der Waals surface area (Å²) in [5.41, 5.74) is 0. The highest BCUT2D eigenvalue weighted by Crippen LogP contribution is 2.21. The fourth-order valence-corrected chi connectivity index (χ4v) is 1.37. The molecule has 1 saturated heterocycles. The van der Waals surface area contributed by atoms with Gasteiger partial charge in [0.2, 0.25) is 0 Å². The molecular weight excluding hydrogens is 140 g/mol. The van der Waals surface area contributed by atoms with E-state index in [1.807, 2.05) is 0 Å². The molecule has 0 bridgehead atoms. The zero-order chi connectivity index (χ0) is 8.27. The van der Waals surface area contributed by atoms with E-state index in [2.05, 4.69) is 13.5 Å². The van der Waals surface area contributed by atoms with Crippen molar-refractivity contribution in [1.82, 2.24) is 0 Å². The minimum absolute atomic E-state index is 0.159. The van der Waals surface area contributed by atoms with E-state index in [9.17, 15) is 4.79 Å². The van der Waals surface area contributed by atoms with E-state index >= 15 is 0 Å². The molecule has 1 aliphatic heterocycles. The molecule has 1 heterocycles. The number of ether oxygens (including phenoxy) is 1. The van der Waals surface area contributed by atoms with E-state index in [0.29, 0.717) is 12.3 Å². The fourth-order valence-electron chi connectivity index (χ4n) is 1.37. The van der Waals surface area contributed by atoms with Crippen LogP contribution in [0.15, 0.2) is 12.7 Å². The lowest BCUT2D eigenvalue weighted by molar-refractivity contribution is -0.128. The van der Waals surface area contributed by atoms with Crippen LogP contribution in [-0.4, -0.2) is 18.5 Å². The number of carbonyl (C=O) groups excluding carboxylic acids is 1. The Bertz CT molecular complexity index is 163. The van der Waals surface area contributed by atoms with Gasteiger partial charge >= 0.3 is 0 Å². The molecule has 1 aliphatic rings. The first kappa shape index (κ1) is 8.47. The van der Waals surface area contributed by atoms with Crippen molar-refractivity contribution in [2.45, 2.75) is 25.9 Å². The van der Waals surface area contributed by atoms with Crippen LogP contribution in [0.25, 0.3) is 0 Å². The van der Waals surface area contributed by atoms with Gasteiger partial charge in [0.05, 0.1) is 0 Å². The molecule has 11 heavy (non-hydrogen) atoms. The smallest absolute Gasteiger partial charge is 0.165 e. The monoisotopic (exact) mass is 154 g/mol. The second-order valence-electron chi connectivity index (χ2n) is 3.02. The van der Waals surface area contributed by atoms with Crippen molar-refractivity contribution in [3.63, 3.8) is 0 Å². The summed E-state index contributed by atoms with van der Waals surface area (Å²) in [5, 5.41) is 0. The molecule has 2 heteroatoms. The third-order valence-electron chi connectivity index (χ3n) is 2.05. The Morgan fingerprint density at radius 3 is 3.00 bits per heavy atom. The molecule has 2 unspecified atom stereocenters. The largest absolute Gasteiger partial charge is 0.370 e. The summed E-state index contributed by atoms with van der Waals surface area (Å²) in [6.07, 6.45) is 2.92. The van der Waals surface area contributed by atoms with Gasteiger partial charge in [0.15, 0.2) is 5.78 Å². The Morgan fingerprint density at radius 1 is 1.82 bits per heavy atom. The third kappa shape index (κ3) is 1.90. The van der Waals surface area contributed by atoms with Crippen molar-refractivity contribution < 1.29 is 9.53 Å². The molecule has 0 aromatic carbocycles. The van der Waals surface area contributed by atoms with Crippen molar-refractivity contribution in [2.24, 2.45) is 5.92 Å². The molecule has 0 saturated carbocycles. The fraction of sp³-hybridized carbons (Fsp3) is 0.667. The van der Waals surface area contributed by atoms with Crippen molar-refractivity contribution in [1.29, 1.82) is 0 Å². The van der Waals surface area contributed by atoms with Crippen molar-refractivity contribution in [3.05, 3.63) is 12.7 Å². The molecule has 0 radical (unpaired) electrons. The SMILES string of the molecule is C=CCC(=O)C1OCCC1C. The normalized spacial score (nSPS) is 30.3. The highest BCUT2D eigenvalue weighted by Gasteiger charge is 2.29. The summed E-state index contributed by atoms with van der Waals surface area (Å²) in [6, 6.07) is 0. The van der Waals surface area contributed by atoms with Crippen LogP contribution in [0.1, 0.15) is 19.8 Å². The topological polar surface area (TPSA) is 26.3 Å². The van der Waals surface area contributed by atoms with Crippen LogP contribution in [0.3, 0.4) is 0 Å². The van der Waals surface area contributed by atoms with Gasteiger partial charge in [0, 0.05) is 13.0 Å². The molecule has 0 amide bonds. The quantitative estimate of drug-likeness (QED) is 0.576. The molecule has 0 aliphatic carbocycles. The molecule has 62 valence electrons. The number of Topliss-reactive ketones (excluding diaryl/α,β-unsaturated/α-hetero) is 1. The van der Waals surface area contributed by atoms with Crippen LogP contribution < -0.4 is 0 Å². The standard InChI is InChI=1S/C9H14O2/c1-3-4-8(10)9-7(2)5-6-11-9/h3,7,9H,1,4-6H2,2H3. The molecule has 0 aromatic rings. The van der Waals surface area contributed by atoms with E-state index in [0.717, 1.165) is 13.0 Å². The third-order valence-corrected chi connectivity index (χ3v) is 2.05. The summed E-state index contributed by atoms with van der Waals surface area (Å²) >= 11 is 0. The minimum atomic E-state index is -0.159. The van der Waals surface area contributed by atoms with E-state index in [1.165, 1.54) is 0 Å². The molecule has 1 rings (SSSR count). The van der Waals surface area contributed by atoms with Crippen LogP contribution in [0.5, 0.6) is 0 Å². The Hall–Kier alpha value is -0.630. The van der Waals surface area contributed by atoms with Gasteiger partial charge in [-0.1, -0.05) is 13.0 Å². The Balaban J connectivity index is 2.45. The lowest BCUT2D eigenvalue weighted by atomic mass is 9.99. The van der Waals surface area contributed by atoms with E-state index in [-0.39, 0.29) is 11.9 Å². The maximum atomic E-state index is 11.3. The predicted molar refractivity (Wildman–Crippen MR) is 43.3 cm³/mol. The van der Waals surface area contributed by atoms with Gasteiger partial charge in [-0.2, -0.15) is 0 Å². The maximum absolute atomic E-state index is 11.3.